The van der Waals surface area contributed by atoms with Gasteiger partial charge in [0.25, 0.3) is 0 Å². The molecule has 0 aliphatic carbocycles. The van der Waals surface area contributed by atoms with Crippen LogP contribution in [0.5, 0.6) is 0 Å². The Morgan fingerprint density at radius 3 is 2.87 bits per heavy atom. The number of hydrogen-bond acceptors (Lipinski definition) is 3. The van der Waals surface area contributed by atoms with Crippen molar-refractivity contribution >= 4 is 6.09 Å². The zero-order valence-electron chi connectivity index (χ0n) is 9.61. The Bertz CT molecular complexity index is 245. The van der Waals surface area contributed by atoms with E-state index in [4.69, 9.17) is 4.74 Å². The van der Waals surface area contributed by atoms with Crippen LogP contribution in [0, 0.1) is 0 Å². The largest absolute Gasteiger partial charge is 0.453 e. The highest BCUT2D eigenvalue weighted by Gasteiger charge is 2.35. The predicted molar refractivity (Wildman–Crippen MR) is 57.8 cm³/mol. The number of carbonyl (C=O) groups is 1. The summed E-state index contributed by atoms with van der Waals surface area (Å²) in [6, 6.07) is 0.848. The summed E-state index contributed by atoms with van der Waals surface area (Å²) in [7, 11) is 1.46. The van der Waals surface area contributed by atoms with Crippen molar-refractivity contribution in [2.24, 2.45) is 0 Å². The van der Waals surface area contributed by atoms with E-state index in [0.29, 0.717) is 6.04 Å². The number of piperazine rings is 1. The van der Waals surface area contributed by atoms with E-state index in [-0.39, 0.29) is 12.1 Å². The highest BCUT2D eigenvalue weighted by Crippen LogP contribution is 2.24. The minimum Gasteiger partial charge on any atom is -0.453 e. The molecule has 2 atom stereocenters. The second-order valence-corrected chi connectivity index (χ2v) is 4.62. The monoisotopic (exact) mass is 212 g/mol. The van der Waals surface area contributed by atoms with Crippen LogP contribution in [0.25, 0.3) is 0 Å². The molecule has 0 aromatic carbocycles. The van der Waals surface area contributed by atoms with Crippen LogP contribution in [0.3, 0.4) is 0 Å². The number of carbonyl (C=O) groups excluding carboxylic acids is 1. The molecule has 0 saturated carbocycles. The van der Waals surface area contributed by atoms with Gasteiger partial charge in [-0.05, 0) is 26.3 Å². The van der Waals surface area contributed by atoms with E-state index in [9.17, 15) is 4.79 Å². The lowest BCUT2D eigenvalue weighted by Gasteiger charge is -2.46. The van der Waals surface area contributed by atoms with E-state index in [1.54, 1.807) is 0 Å². The van der Waals surface area contributed by atoms with E-state index in [1.807, 2.05) is 4.90 Å². The van der Waals surface area contributed by atoms with Crippen molar-refractivity contribution in [3.8, 4) is 0 Å². The number of piperidine rings is 1. The maximum atomic E-state index is 11.5. The van der Waals surface area contributed by atoms with Gasteiger partial charge < -0.3 is 9.64 Å². The van der Waals surface area contributed by atoms with Gasteiger partial charge in [0.1, 0.15) is 0 Å². The molecule has 0 aromatic rings. The molecule has 2 aliphatic rings. The number of rotatable bonds is 0. The number of nitrogens with zero attached hydrogens (tertiary/aromatic N) is 2. The first kappa shape index (κ1) is 10.7. The lowest BCUT2D eigenvalue weighted by Crippen LogP contribution is -2.60. The van der Waals surface area contributed by atoms with Gasteiger partial charge in [-0.25, -0.2) is 4.79 Å². The fourth-order valence-electron chi connectivity index (χ4n) is 2.72. The van der Waals surface area contributed by atoms with Gasteiger partial charge in [0, 0.05) is 25.2 Å². The van der Waals surface area contributed by atoms with Gasteiger partial charge in [0.15, 0.2) is 0 Å². The predicted octanol–water partition coefficient (Wildman–Crippen LogP) is 1.31. The molecule has 4 nitrogen and oxygen atoms in total. The lowest BCUT2D eigenvalue weighted by molar-refractivity contribution is 0.0150. The highest BCUT2D eigenvalue weighted by molar-refractivity contribution is 5.68. The van der Waals surface area contributed by atoms with Crippen LogP contribution in [0.1, 0.15) is 26.2 Å². The molecule has 0 radical (unpaired) electrons. The first-order valence-electron chi connectivity index (χ1n) is 5.81. The SMILES string of the molecule is COC(=O)N1CC2CCCCN2CC1C. The number of ether oxygens (including phenoxy) is 1. The summed E-state index contributed by atoms with van der Waals surface area (Å²) >= 11 is 0. The minimum absolute atomic E-state index is 0.173. The Morgan fingerprint density at radius 1 is 1.33 bits per heavy atom. The van der Waals surface area contributed by atoms with Crippen molar-refractivity contribution in [1.29, 1.82) is 0 Å². The fraction of sp³-hybridized carbons (Fsp3) is 0.909. The van der Waals surface area contributed by atoms with Gasteiger partial charge in [-0.1, -0.05) is 6.42 Å². The molecule has 2 unspecified atom stereocenters. The van der Waals surface area contributed by atoms with Gasteiger partial charge in [0.05, 0.1) is 7.11 Å². The number of methoxy groups -OCH3 is 1. The number of fused-ring (bicyclic) bond motifs is 1. The normalized spacial score (nSPS) is 32.3. The molecule has 2 rings (SSSR count). The Labute approximate surface area is 91.2 Å². The van der Waals surface area contributed by atoms with Gasteiger partial charge in [-0.3, -0.25) is 4.90 Å². The van der Waals surface area contributed by atoms with Crippen molar-refractivity contribution in [1.82, 2.24) is 9.80 Å². The summed E-state index contributed by atoms with van der Waals surface area (Å²) in [5, 5.41) is 0. The molecule has 15 heavy (non-hydrogen) atoms. The quantitative estimate of drug-likeness (QED) is 0.607. The van der Waals surface area contributed by atoms with Crippen molar-refractivity contribution in [2.75, 3.05) is 26.7 Å². The van der Waals surface area contributed by atoms with E-state index in [1.165, 1.54) is 32.9 Å². The Hall–Kier alpha value is -0.770. The van der Waals surface area contributed by atoms with E-state index >= 15 is 0 Å². The maximum absolute atomic E-state index is 11.5. The van der Waals surface area contributed by atoms with Crippen molar-refractivity contribution < 1.29 is 9.53 Å². The molecule has 86 valence electrons. The summed E-state index contributed by atoms with van der Waals surface area (Å²) in [6.45, 7) is 5.14. The van der Waals surface area contributed by atoms with E-state index in [2.05, 4.69) is 11.8 Å². The summed E-state index contributed by atoms with van der Waals surface area (Å²) in [4.78, 5) is 15.9. The third-order valence-corrected chi connectivity index (χ3v) is 3.60. The van der Waals surface area contributed by atoms with E-state index < -0.39 is 0 Å². The molecule has 0 N–H and O–H groups in total. The van der Waals surface area contributed by atoms with Crippen LogP contribution in [-0.2, 0) is 4.74 Å². The van der Waals surface area contributed by atoms with Gasteiger partial charge in [-0.2, -0.15) is 0 Å². The Balaban J connectivity index is 2.01. The molecular formula is C11H20N2O2. The number of amides is 1. The standard InChI is InChI=1S/C11H20N2O2/c1-9-7-12-6-4-3-5-10(12)8-13(9)11(14)15-2/h9-10H,3-8H2,1-2H3. The van der Waals surface area contributed by atoms with Crippen molar-refractivity contribution in [3.63, 3.8) is 0 Å². The zero-order chi connectivity index (χ0) is 10.8. The van der Waals surface area contributed by atoms with Crippen LogP contribution < -0.4 is 0 Å². The average Bonchev–Trinajstić information content (AvgIpc) is 2.27. The molecule has 0 spiro atoms. The summed E-state index contributed by atoms with van der Waals surface area (Å²) in [5.74, 6) is 0. The third-order valence-electron chi connectivity index (χ3n) is 3.60. The van der Waals surface area contributed by atoms with Crippen molar-refractivity contribution in [3.05, 3.63) is 0 Å². The van der Waals surface area contributed by atoms with Crippen LogP contribution in [-0.4, -0.2) is 54.7 Å². The molecule has 1 amide bonds. The smallest absolute Gasteiger partial charge is 0.409 e. The molecule has 0 aromatic heterocycles. The van der Waals surface area contributed by atoms with E-state index in [0.717, 1.165) is 13.1 Å². The highest BCUT2D eigenvalue weighted by atomic mass is 16.5. The van der Waals surface area contributed by atoms with Gasteiger partial charge >= 0.3 is 6.09 Å². The van der Waals surface area contributed by atoms with Crippen LogP contribution >= 0.6 is 0 Å². The van der Waals surface area contributed by atoms with Crippen LogP contribution in [0.2, 0.25) is 0 Å². The molecule has 2 saturated heterocycles. The molecular weight excluding hydrogens is 192 g/mol. The summed E-state index contributed by atoms with van der Waals surface area (Å²) in [5.41, 5.74) is 0. The van der Waals surface area contributed by atoms with Crippen LogP contribution in [0.4, 0.5) is 4.79 Å². The topological polar surface area (TPSA) is 32.8 Å². The van der Waals surface area contributed by atoms with Gasteiger partial charge in [-0.15, -0.1) is 0 Å². The molecule has 2 fully saturated rings. The second kappa shape index (κ2) is 4.39. The maximum Gasteiger partial charge on any atom is 0.409 e. The third kappa shape index (κ3) is 2.09. The molecule has 2 heterocycles. The Kier molecular flexibility index (Phi) is 3.14. The first-order chi connectivity index (χ1) is 7.22. The lowest BCUT2D eigenvalue weighted by atomic mass is 9.97. The molecule has 0 bridgehead atoms. The van der Waals surface area contributed by atoms with Gasteiger partial charge in [0.2, 0.25) is 0 Å². The Morgan fingerprint density at radius 2 is 2.13 bits per heavy atom. The summed E-state index contributed by atoms with van der Waals surface area (Å²) in [6.07, 6.45) is 3.65. The fourth-order valence-corrected chi connectivity index (χ4v) is 2.72. The van der Waals surface area contributed by atoms with Crippen LogP contribution in [0.15, 0.2) is 0 Å². The second-order valence-electron chi connectivity index (χ2n) is 4.62. The molecule has 2 aliphatic heterocycles. The molecule has 4 heteroatoms. The minimum atomic E-state index is -0.173. The first-order valence-corrected chi connectivity index (χ1v) is 5.81. The zero-order valence-corrected chi connectivity index (χ0v) is 9.61. The number of hydrogen-bond donors (Lipinski definition) is 0. The van der Waals surface area contributed by atoms with Crippen molar-refractivity contribution in [2.45, 2.75) is 38.3 Å². The average molecular weight is 212 g/mol. The summed E-state index contributed by atoms with van der Waals surface area (Å²) < 4.78 is 4.81.